The summed E-state index contributed by atoms with van der Waals surface area (Å²) in [4.78, 5) is 4.36. The number of rotatable bonds is 2. The molecule has 0 N–H and O–H groups in total. The van der Waals surface area contributed by atoms with Crippen molar-refractivity contribution in [2.75, 3.05) is 6.61 Å². The van der Waals surface area contributed by atoms with E-state index in [1.807, 2.05) is 42.5 Å². The molecule has 3 aromatic rings. The Labute approximate surface area is 124 Å². The Morgan fingerprint density at radius 1 is 1.05 bits per heavy atom. The van der Waals surface area contributed by atoms with Crippen LogP contribution in [0.15, 0.2) is 60.8 Å². The Hall–Kier alpha value is -2.79. The van der Waals surface area contributed by atoms with E-state index >= 15 is 0 Å². The van der Waals surface area contributed by atoms with Crippen molar-refractivity contribution in [1.29, 1.82) is 0 Å². The Morgan fingerprint density at radius 3 is 2.81 bits per heavy atom. The predicted octanol–water partition coefficient (Wildman–Crippen LogP) is 3.97. The van der Waals surface area contributed by atoms with Crippen molar-refractivity contribution in [3.05, 3.63) is 71.9 Å². The van der Waals surface area contributed by atoms with Crippen LogP contribution in [0.3, 0.4) is 0 Å². The Kier molecular flexibility index (Phi) is 3.84. The largest absolute Gasteiger partial charge is 0.479 e. The third kappa shape index (κ3) is 3.21. The summed E-state index contributed by atoms with van der Waals surface area (Å²) < 4.78 is 5.74. The highest BCUT2D eigenvalue weighted by Crippen LogP contribution is 2.22. The number of aryl methyl sites for hydroxylation is 1. The van der Waals surface area contributed by atoms with Crippen molar-refractivity contribution in [2.24, 2.45) is 0 Å². The van der Waals surface area contributed by atoms with Gasteiger partial charge in [-0.1, -0.05) is 42.2 Å². The standard InChI is InChI=1S/C19H15NO/c1-15-6-2-7-16(14-15)8-5-13-21-18-11-3-9-17-10-4-12-20-19(17)18/h2-4,6-7,9-12,14H,13H2,1H3. The Balaban J connectivity index is 1.73. The lowest BCUT2D eigenvalue weighted by Crippen LogP contribution is -1.95. The molecule has 0 saturated carbocycles. The molecule has 21 heavy (non-hydrogen) atoms. The number of benzene rings is 2. The molecular formula is C19H15NO. The van der Waals surface area contributed by atoms with E-state index in [0.717, 1.165) is 22.2 Å². The van der Waals surface area contributed by atoms with Gasteiger partial charge in [0.15, 0.2) is 0 Å². The first-order chi connectivity index (χ1) is 10.3. The van der Waals surface area contributed by atoms with Gasteiger partial charge < -0.3 is 4.74 Å². The van der Waals surface area contributed by atoms with Crippen LogP contribution in [0.5, 0.6) is 5.75 Å². The van der Waals surface area contributed by atoms with E-state index in [0.29, 0.717) is 6.61 Å². The number of hydrogen-bond acceptors (Lipinski definition) is 2. The van der Waals surface area contributed by atoms with Crippen molar-refractivity contribution in [3.8, 4) is 17.6 Å². The van der Waals surface area contributed by atoms with Crippen LogP contribution in [0.1, 0.15) is 11.1 Å². The number of ether oxygens (including phenoxy) is 1. The van der Waals surface area contributed by atoms with E-state index < -0.39 is 0 Å². The molecule has 2 nitrogen and oxygen atoms in total. The summed E-state index contributed by atoms with van der Waals surface area (Å²) in [5, 5.41) is 1.07. The third-order valence-electron chi connectivity index (χ3n) is 3.15. The molecule has 0 atom stereocenters. The fourth-order valence-corrected chi connectivity index (χ4v) is 2.17. The molecule has 2 aromatic carbocycles. The monoisotopic (exact) mass is 273 g/mol. The molecule has 1 aromatic heterocycles. The second-order valence-electron chi connectivity index (χ2n) is 4.79. The first-order valence-corrected chi connectivity index (χ1v) is 6.85. The highest BCUT2D eigenvalue weighted by molar-refractivity contribution is 5.84. The van der Waals surface area contributed by atoms with Crippen LogP contribution < -0.4 is 4.74 Å². The molecule has 0 saturated heterocycles. The summed E-state index contributed by atoms with van der Waals surface area (Å²) >= 11 is 0. The summed E-state index contributed by atoms with van der Waals surface area (Å²) in [6.07, 6.45) is 1.77. The van der Waals surface area contributed by atoms with E-state index in [9.17, 15) is 0 Å². The Morgan fingerprint density at radius 2 is 1.90 bits per heavy atom. The van der Waals surface area contributed by atoms with Gasteiger partial charge in [0, 0.05) is 17.1 Å². The molecular weight excluding hydrogens is 258 g/mol. The molecule has 1 heterocycles. The normalized spacial score (nSPS) is 9.95. The molecule has 2 heteroatoms. The van der Waals surface area contributed by atoms with Gasteiger partial charge in [-0.25, -0.2) is 0 Å². The SMILES string of the molecule is Cc1cccc(C#CCOc2cccc3cccnc23)c1. The summed E-state index contributed by atoms with van der Waals surface area (Å²) in [6.45, 7) is 2.41. The molecule has 0 fully saturated rings. The lowest BCUT2D eigenvalue weighted by Gasteiger charge is -2.05. The molecule has 0 bridgehead atoms. The number of aromatic nitrogens is 1. The van der Waals surface area contributed by atoms with E-state index in [-0.39, 0.29) is 0 Å². The second kappa shape index (κ2) is 6.11. The first kappa shape index (κ1) is 13.2. The molecule has 0 aliphatic heterocycles. The summed E-state index contributed by atoms with van der Waals surface area (Å²) in [6, 6.07) is 18.0. The number of para-hydroxylation sites is 1. The highest BCUT2D eigenvalue weighted by Gasteiger charge is 2.01. The molecule has 0 unspecified atom stereocenters. The van der Waals surface area contributed by atoms with Gasteiger partial charge in [-0.2, -0.15) is 0 Å². The molecule has 3 rings (SSSR count). The maximum Gasteiger partial charge on any atom is 0.149 e. The van der Waals surface area contributed by atoms with Crippen molar-refractivity contribution in [2.45, 2.75) is 6.92 Å². The van der Waals surface area contributed by atoms with Gasteiger partial charge in [0.05, 0.1) is 0 Å². The summed E-state index contributed by atoms with van der Waals surface area (Å²) in [5.41, 5.74) is 3.09. The second-order valence-corrected chi connectivity index (χ2v) is 4.79. The van der Waals surface area contributed by atoms with E-state index in [1.165, 1.54) is 5.56 Å². The van der Waals surface area contributed by atoms with Gasteiger partial charge in [0.1, 0.15) is 17.9 Å². The summed E-state index contributed by atoms with van der Waals surface area (Å²) in [7, 11) is 0. The summed E-state index contributed by atoms with van der Waals surface area (Å²) in [5.74, 6) is 6.92. The zero-order valence-corrected chi connectivity index (χ0v) is 11.8. The minimum Gasteiger partial charge on any atom is -0.479 e. The molecule has 0 radical (unpaired) electrons. The molecule has 102 valence electrons. The van der Waals surface area contributed by atoms with Crippen molar-refractivity contribution in [1.82, 2.24) is 4.98 Å². The van der Waals surface area contributed by atoms with Gasteiger partial charge in [0.2, 0.25) is 0 Å². The highest BCUT2D eigenvalue weighted by atomic mass is 16.5. The minimum atomic E-state index is 0.351. The van der Waals surface area contributed by atoms with Gasteiger partial charge in [-0.3, -0.25) is 4.98 Å². The van der Waals surface area contributed by atoms with Crippen LogP contribution in [0.2, 0.25) is 0 Å². The molecule has 0 spiro atoms. The zero-order chi connectivity index (χ0) is 14.5. The van der Waals surface area contributed by atoms with Crippen LogP contribution in [0, 0.1) is 18.8 Å². The van der Waals surface area contributed by atoms with Crippen LogP contribution in [-0.2, 0) is 0 Å². The van der Waals surface area contributed by atoms with E-state index in [1.54, 1.807) is 6.20 Å². The van der Waals surface area contributed by atoms with Crippen molar-refractivity contribution < 1.29 is 4.74 Å². The zero-order valence-electron chi connectivity index (χ0n) is 11.8. The maximum absolute atomic E-state index is 5.74. The minimum absolute atomic E-state index is 0.351. The lowest BCUT2D eigenvalue weighted by molar-refractivity contribution is 0.374. The first-order valence-electron chi connectivity index (χ1n) is 6.85. The molecule has 0 aliphatic rings. The van der Waals surface area contributed by atoms with E-state index in [2.05, 4.69) is 35.9 Å². The quantitative estimate of drug-likeness (QED) is 0.659. The van der Waals surface area contributed by atoms with Gasteiger partial charge in [-0.15, -0.1) is 0 Å². The van der Waals surface area contributed by atoms with Gasteiger partial charge >= 0.3 is 0 Å². The number of pyridine rings is 1. The average Bonchev–Trinajstić information content (AvgIpc) is 2.52. The van der Waals surface area contributed by atoms with Crippen LogP contribution >= 0.6 is 0 Å². The van der Waals surface area contributed by atoms with E-state index in [4.69, 9.17) is 4.74 Å². The van der Waals surface area contributed by atoms with Crippen LogP contribution in [0.4, 0.5) is 0 Å². The average molecular weight is 273 g/mol. The van der Waals surface area contributed by atoms with Gasteiger partial charge in [-0.05, 0) is 36.8 Å². The number of fused-ring (bicyclic) bond motifs is 1. The number of hydrogen-bond donors (Lipinski definition) is 0. The number of nitrogens with zero attached hydrogens (tertiary/aromatic N) is 1. The van der Waals surface area contributed by atoms with Crippen LogP contribution in [-0.4, -0.2) is 11.6 Å². The van der Waals surface area contributed by atoms with Gasteiger partial charge in [0.25, 0.3) is 0 Å². The maximum atomic E-state index is 5.74. The fourth-order valence-electron chi connectivity index (χ4n) is 2.17. The predicted molar refractivity (Wildman–Crippen MR) is 85.3 cm³/mol. The fraction of sp³-hybridized carbons (Fsp3) is 0.105. The topological polar surface area (TPSA) is 22.1 Å². The van der Waals surface area contributed by atoms with Crippen molar-refractivity contribution >= 4 is 10.9 Å². The third-order valence-corrected chi connectivity index (χ3v) is 3.15. The Bertz CT molecular complexity index is 822. The molecule has 0 amide bonds. The lowest BCUT2D eigenvalue weighted by atomic mass is 10.1. The van der Waals surface area contributed by atoms with Crippen LogP contribution in [0.25, 0.3) is 10.9 Å². The van der Waals surface area contributed by atoms with Crippen molar-refractivity contribution in [3.63, 3.8) is 0 Å². The smallest absolute Gasteiger partial charge is 0.149 e. The molecule has 0 aliphatic carbocycles.